The molecule has 7 nitrogen and oxygen atoms in total. The van der Waals surface area contributed by atoms with E-state index < -0.39 is 5.92 Å². The summed E-state index contributed by atoms with van der Waals surface area (Å²) in [6.45, 7) is 8.05. The van der Waals surface area contributed by atoms with Gasteiger partial charge in [-0.2, -0.15) is 5.26 Å². The van der Waals surface area contributed by atoms with Gasteiger partial charge in [0.1, 0.15) is 23.2 Å². The molecule has 1 saturated heterocycles. The Balaban J connectivity index is 1.75. The number of rotatable bonds is 4. The second kappa shape index (κ2) is 8.79. The van der Waals surface area contributed by atoms with Crippen LogP contribution in [0.25, 0.3) is 0 Å². The van der Waals surface area contributed by atoms with E-state index in [-0.39, 0.29) is 11.2 Å². The second-order valence-electron chi connectivity index (χ2n) is 9.65. The van der Waals surface area contributed by atoms with Crippen molar-refractivity contribution in [2.24, 2.45) is 10.4 Å². The smallest absolute Gasteiger partial charge is 0.235 e. The maximum Gasteiger partial charge on any atom is 0.235 e. The van der Waals surface area contributed by atoms with Crippen molar-refractivity contribution in [1.29, 1.82) is 5.26 Å². The lowest BCUT2D eigenvalue weighted by atomic mass is 9.70. The topological polar surface area (TPSA) is 79.4 Å². The van der Waals surface area contributed by atoms with Gasteiger partial charge in [0, 0.05) is 18.4 Å². The lowest BCUT2D eigenvalue weighted by Gasteiger charge is -2.37. The molecule has 7 heteroatoms. The first-order chi connectivity index (χ1) is 15.3. The molecule has 1 aromatic rings. The van der Waals surface area contributed by atoms with Gasteiger partial charge in [-0.1, -0.05) is 26.0 Å². The van der Waals surface area contributed by atoms with Crippen LogP contribution in [0.1, 0.15) is 38.2 Å². The standard InChI is InChI=1S/C25H30N4O3/c1-25(2)13-20(30)23-21(14-25)32-24(27-16-29-11-9-28(3)10-12-29)19(15-26)22(23)17-5-7-18(31-4)8-6-17/h5-8,16,22H,9-14H2,1-4H3/p+1/t22-/m0/s1. The molecule has 1 aromatic carbocycles. The number of nitrogens with one attached hydrogen (secondary N) is 1. The number of methoxy groups -OCH3 is 1. The van der Waals surface area contributed by atoms with Crippen LogP contribution in [-0.4, -0.2) is 57.4 Å². The van der Waals surface area contributed by atoms with Gasteiger partial charge in [-0.25, -0.2) is 4.99 Å². The predicted molar refractivity (Wildman–Crippen MR) is 121 cm³/mol. The lowest BCUT2D eigenvalue weighted by molar-refractivity contribution is -0.883. The number of hydrogen-bond donors (Lipinski definition) is 1. The Bertz CT molecular complexity index is 1020. The van der Waals surface area contributed by atoms with Gasteiger partial charge in [-0.15, -0.1) is 0 Å². The van der Waals surface area contributed by atoms with Crippen molar-refractivity contribution in [3.05, 3.63) is 52.6 Å². The van der Waals surface area contributed by atoms with E-state index in [2.05, 4.69) is 36.9 Å². The number of likely N-dealkylation sites (N-methyl/N-ethyl adjacent to an activating group) is 1. The van der Waals surface area contributed by atoms with Crippen LogP contribution in [0.15, 0.2) is 52.0 Å². The Hall–Kier alpha value is -3.11. The summed E-state index contributed by atoms with van der Waals surface area (Å²) in [6, 6.07) is 9.83. The van der Waals surface area contributed by atoms with E-state index in [1.54, 1.807) is 13.4 Å². The van der Waals surface area contributed by atoms with Gasteiger partial charge in [0.25, 0.3) is 0 Å². The quantitative estimate of drug-likeness (QED) is 0.578. The lowest BCUT2D eigenvalue weighted by Crippen LogP contribution is -3.11. The molecule has 2 aliphatic heterocycles. The van der Waals surface area contributed by atoms with E-state index in [1.807, 2.05) is 24.3 Å². The molecule has 0 spiro atoms. The number of ketones is 1. The number of piperazine rings is 1. The summed E-state index contributed by atoms with van der Waals surface area (Å²) in [5.74, 6) is 1.21. The Kier molecular flexibility index (Phi) is 6.07. The highest BCUT2D eigenvalue weighted by Gasteiger charge is 2.43. The van der Waals surface area contributed by atoms with Gasteiger partial charge in [0.05, 0.1) is 52.6 Å². The minimum Gasteiger partial charge on any atom is -0.497 e. The Labute approximate surface area is 189 Å². The molecule has 0 bridgehead atoms. The molecule has 4 rings (SSSR count). The first-order valence-electron chi connectivity index (χ1n) is 11.1. The molecule has 1 atom stereocenters. The molecule has 0 radical (unpaired) electrons. The maximum atomic E-state index is 13.2. The van der Waals surface area contributed by atoms with Gasteiger partial charge in [-0.3, -0.25) is 4.79 Å². The molecule has 0 amide bonds. The molecule has 0 saturated carbocycles. The number of ether oxygens (including phenoxy) is 2. The number of allylic oxidation sites excluding steroid dienone is 3. The van der Waals surface area contributed by atoms with Crippen LogP contribution in [0, 0.1) is 16.7 Å². The number of nitriles is 1. The number of quaternary nitrogens is 1. The van der Waals surface area contributed by atoms with Gasteiger partial charge >= 0.3 is 0 Å². The van der Waals surface area contributed by atoms with Crippen molar-refractivity contribution in [2.75, 3.05) is 40.3 Å². The highest BCUT2D eigenvalue weighted by molar-refractivity contribution is 6.00. The average molecular weight is 436 g/mol. The summed E-state index contributed by atoms with van der Waals surface area (Å²) in [4.78, 5) is 21.5. The third-order valence-electron chi connectivity index (χ3n) is 6.47. The highest BCUT2D eigenvalue weighted by atomic mass is 16.5. The van der Waals surface area contributed by atoms with Gasteiger partial charge in [-0.05, 0) is 23.1 Å². The third-order valence-corrected chi connectivity index (χ3v) is 6.47. The number of carbonyl (C=O) groups excluding carboxylic acids is 1. The zero-order valence-electron chi connectivity index (χ0n) is 19.3. The third kappa shape index (κ3) is 4.42. The fraction of sp³-hybridized carbons (Fsp3) is 0.480. The first-order valence-corrected chi connectivity index (χ1v) is 11.1. The summed E-state index contributed by atoms with van der Waals surface area (Å²) >= 11 is 0. The molecular weight excluding hydrogens is 404 g/mol. The molecule has 1 N–H and O–H groups in total. The normalized spacial score (nSPS) is 23.8. The van der Waals surface area contributed by atoms with Gasteiger partial charge < -0.3 is 19.3 Å². The highest BCUT2D eigenvalue weighted by Crippen LogP contribution is 2.48. The molecule has 168 valence electrons. The number of nitrogens with zero attached hydrogens (tertiary/aromatic N) is 3. The SMILES string of the molecule is COc1ccc([C@H]2C(C#N)=C(N=CN3CC[NH+](C)CC3)OC3=C2C(=O)CC(C)(C)C3)cc1. The number of carbonyl (C=O) groups is 1. The molecule has 3 aliphatic rings. The molecule has 0 aromatic heterocycles. The van der Waals surface area contributed by atoms with Crippen LogP contribution in [0.2, 0.25) is 0 Å². The number of Topliss-reactive ketones (excluding diaryl/α,β-unsaturated/α-hetero) is 1. The van der Waals surface area contributed by atoms with Crippen LogP contribution in [0.5, 0.6) is 5.75 Å². The Morgan fingerprint density at radius 3 is 2.56 bits per heavy atom. The second-order valence-corrected chi connectivity index (χ2v) is 9.65. The zero-order valence-corrected chi connectivity index (χ0v) is 19.3. The number of aliphatic imine (C=N–C) groups is 1. The van der Waals surface area contributed by atoms with Crippen molar-refractivity contribution in [3.8, 4) is 11.8 Å². The molecular formula is C25H31N4O3+. The maximum absolute atomic E-state index is 13.2. The van der Waals surface area contributed by atoms with E-state index in [9.17, 15) is 10.1 Å². The van der Waals surface area contributed by atoms with Crippen LogP contribution in [0.3, 0.4) is 0 Å². The summed E-state index contributed by atoms with van der Waals surface area (Å²) in [7, 11) is 3.80. The van der Waals surface area contributed by atoms with Crippen LogP contribution < -0.4 is 9.64 Å². The van der Waals surface area contributed by atoms with E-state index in [0.717, 1.165) is 37.5 Å². The van der Waals surface area contributed by atoms with Gasteiger partial charge in [0.2, 0.25) is 5.88 Å². The monoisotopic (exact) mass is 435 g/mol. The molecule has 1 aliphatic carbocycles. The number of benzene rings is 1. The average Bonchev–Trinajstić information content (AvgIpc) is 2.77. The van der Waals surface area contributed by atoms with E-state index in [1.165, 1.54) is 4.90 Å². The minimum absolute atomic E-state index is 0.0369. The van der Waals surface area contributed by atoms with Crippen molar-refractivity contribution in [3.63, 3.8) is 0 Å². The van der Waals surface area contributed by atoms with Crippen LogP contribution in [0.4, 0.5) is 0 Å². The molecule has 1 fully saturated rings. The van der Waals surface area contributed by atoms with E-state index in [4.69, 9.17) is 9.47 Å². The first kappa shape index (κ1) is 22.1. The Morgan fingerprint density at radius 1 is 1.25 bits per heavy atom. The summed E-state index contributed by atoms with van der Waals surface area (Å²) in [5, 5.41) is 10.1. The fourth-order valence-corrected chi connectivity index (χ4v) is 4.62. The largest absolute Gasteiger partial charge is 0.497 e. The van der Waals surface area contributed by atoms with Crippen molar-refractivity contribution in [1.82, 2.24) is 4.90 Å². The fourth-order valence-electron chi connectivity index (χ4n) is 4.62. The molecule has 2 heterocycles. The van der Waals surface area contributed by atoms with E-state index >= 15 is 0 Å². The minimum atomic E-state index is -0.484. The summed E-state index contributed by atoms with van der Waals surface area (Å²) in [6.07, 6.45) is 2.85. The van der Waals surface area contributed by atoms with Crippen molar-refractivity contribution >= 4 is 12.1 Å². The molecule has 32 heavy (non-hydrogen) atoms. The zero-order chi connectivity index (χ0) is 22.9. The van der Waals surface area contributed by atoms with Crippen molar-refractivity contribution < 1.29 is 19.2 Å². The number of hydrogen-bond acceptors (Lipinski definition) is 5. The van der Waals surface area contributed by atoms with Crippen LogP contribution >= 0.6 is 0 Å². The van der Waals surface area contributed by atoms with Crippen LogP contribution in [-0.2, 0) is 9.53 Å². The summed E-state index contributed by atoms with van der Waals surface area (Å²) in [5.41, 5.74) is 1.63. The van der Waals surface area contributed by atoms with Crippen molar-refractivity contribution in [2.45, 2.75) is 32.6 Å². The Morgan fingerprint density at radius 2 is 1.94 bits per heavy atom. The summed E-state index contributed by atoms with van der Waals surface area (Å²) < 4.78 is 11.5. The van der Waals surface area contributed by atoms with Gasteiger partial charge in [0.15, 0.2) is 5.78 Å². The molecule has 0 unspecified atom stereocenters. The predicted octanol–water partition coefficient (Wildman–Crippen LogP) is 2.05. The van der Waals surface area contributed by atoms with E-state index in [0.29, 0.717) is 35.6 Å².